The van der Waals surface area contributed by atoms with Crippen LogP contribution in [0.25, 0.3) is 0 Å². The summed E-state index contributed by atoms with van der Waals surface area (Å²) in [6, 6.07) is 0. The van der Waals surface area contributed by atoms with Gasteiger partial charge in [-0.2, -0.15) is 21.2 Å². The molecule has 0 bridgehead atoms. The number of nitrogens with one attached hydrogen (secondary N) is 1. The van der Waals surface area contributed by atoms with Crippen molar-refractivity contribution < 1.29 is 18.3 Å². The summed E-state index contributed by atoms with van der Waals surface area (Å²) in [5, 5.41) is 14.5. The Labute approximate surface area is 121 Å². The van der Waals surface area contributed by atoms with E-state index in [4.69, 9.17) is 5.11 Å². The zero-order valence-corrected chi connectivity index (χ0v) is 12.9. The number of thioether (sulfide) groups is 1. The molecule has 0 atom stereocenters. The minimum absolute atomic E-state index is 0.0217. The largest absolute Gasteiger partial charge is 0.478 e. The van der Waals surface area contributed by atoms with Gasteiger partial charge in [-0.3, -0.25) is 5.10 Å². The van der Waals surface area contributed by atoms with E-state index in [1.807, 2.05) is 0 Å². The lowest BCUT2D eigenvalue weighted by Crippen LogP contribution is -2.34. The molecule has 7 nitrogen and oxygen atoms in total. The van der Waals surface area contributed by atoms with E-state index < -0.39 is 16.0 Å². The number of H-pyrrole nitrogens is 1. The van der Waals surface area contributed by atoms with Crippen LogP contribution >= 0.6 is 11.8 Å². The molecule has 1 aromatic rings. The summed E-state index contributed by atoms with van der Waals surface area (Å²) in [6.07, 6.45) is 1.74. The van der Waals surface area contributed by atoms with Crippen molar-refractivity contribution in [1.82, 2.24) is 14.5 Å². The maximum Gasteiger partial charge on any atom is 0.340 e. The fourth-order valence-electron chi connectivity index (χ4n) is 1.99. The van der Waals surface area contributed by atoms with Gasteiger partial charge in [0.15, 0.2) is 5.03 Å². The maximum atomic E-state index is 12.5. The molecule has 0 radical (unpaired) electrons. The fraction of sp³-hybridized carbons (Fsp3) is 0.636. The zero-order valence-electron chi connectivity index (χ0n) is 11.3. The maximum absolute atomic E-state index is 12.5. The van der Waals surface area contributed by atoms with Crippen molar-refractivity contribution in [3.63, 3.8) is 0 Å². The minimum atomic E-state index is -3.85. The Morgan fingerprint density at radius 1 is 1.50 bits per heavy atom. The second kappa shape index (κ2) is 5.38. The molecule has 9 heteroatoms. The molecule has 0 saturated carbocycles. The van der Waals surface area contributed by atoms with Gasteiger partial charge in [0.2, 0.25) is 0 Å². The molecule has 2 heterocycles. The summed E-state index contributed by atoms with van der Waals surface area (Å²) >= 11 is 1.72. The highest BCUT2D eigenvalue weighted by atomic mass is 32.2. The first-order chi connectivity index (χ1) is 9.24. The number of carboxylic acids is 1. The normalized spacial score (nSPS) is 20.5. The number of carboxylic acid groups (broad SMARTS) is 1. The number of hydrogen-bond acceptors (Lipinski definition) is 5. The number of sulfonamides is 1. The molecule has 0 spiro atoms. The van der Waals surface area contributed by atoms with E-state index >= 15 is 0 Å². The molecule has 2 N–H and O–H groups in total. The number of hydrogen-bond donors (Lipinski definition) is 2. The number of aromatic nitrogens is 2. The molecule has 0 unspecified atom stereocenters. The molecule has 0 aromatic carbocycles. The molecule has 0 amide bonds. The van der Waals surface area contributed by atoms with Crippen LogP contribution in [-0.4, -0.2) is 57.6 Å². The molecular weight excluding hydrogens is 302 g/mol. The van der Waals surface area contributed by atoms with Gasteiger partial charge in [0.1, 0.15) is 5.56 Å². The number of aromatic amines is 1. The van der Waals surface area contributed by atoms with Crippen molar-refractivity contribution in [3.05, 3.63) is 11.8 Å². The van der Waals surface area contributed by atoms with Gasteiger partial charge in [-0.25, -0.2) is 13.2 Å². The van der Waals surface area contributed by atoms with Crippen LogP contribution in [-0.2, 0) is 10.0 Å². The Morgan fingerprint density at radius 2 is 2.20 bits per heavy atom. The topological polar surface area (TPSA) is 103 Å². The quantitative estimate of drug-likeness (QED) is 0.862. The van der Waals surface area contributed by atoms with Gasteiger partial charge < -0.3 is 5.11 Å². The van der Waals surface area contributed by atoms with Crippen molar-refractivity contribution in [2.24, 2.45) is 0 Å². The Kier molecular flexibility index (Phi) is 4.12. The van der Waals surface area contributed by atoms with Crippen molar-refractivity contribution in [2.75, 3.05) is 18.8 Å². The van der Waals surface area contributed by atoms with Gasteiger partial charge in [0.25, 0.3) is 10.0 Å². The number of nitrogens with zero attached hydrogens (tertiary/aromatic N) is 2. The molecule has 112 valence electrons. The van der Waals surface area contributed by atoms with Crippen LogP contribution in [0.3, 0.4) is 0 Å². The summed E-state index contributed by atoms with van der Waals surface area (Å²) in [5.74, 6) is -0.621. The van der Waals surface area contributed by atoms with E-state index in [2.05, 4.69) is 24.0 Å². The summed E-state index contributed by atoms with van der Waals surface area (Å²) in [6.45, 7) is 4.90. The number of rotatable bonds is 3. The first kappa shape index (κ1) is 15.3. The second-order valence-corrected chi connectivity index (χ2v) is 8.86. The highest BCUT2D eigenvalue weighted by Gasteiger charge is 2.34. The third kappa shape index (κ3) is 2.99. The average molecular weight is 319 g/mol. The molecule has 20 heavy (non-hydrogen) atoms. The van der Waals surface area contributed by atoms with Crippen molar-refractivity contribution in [1.29, 1.82) is 0 Å². The lowest BCUT2D eigenvalue weighted by molar-refractivity contribution is 0.0692. The minimum Gasteiger partial charge on any atom is -0.478 e. The van der Waals surface area contributed by atoms with Crippen molar-refractivity contribution >= 4 is 27.8 Å². The summed E-state index contributed by atoms with van der Waals surface area (Å²) in [7, 11) is -3.85. The third-order valence-corrected chi connectivity index (χ3v) is 6.47. The predicted molar refractivity (Wildman–Crippen MR) is 75.5 cm³/mol. The van der Waals surface area contributed by atoms with Crippen LogP contribution in [0.1, 0.15) is 30.6 Å². The Bertz CT molecular complexity index is 609. The van der Waals surface area contributed by atoms with Crippen LogP contribution in [0, 0.1) is 0 Å². The second-order valence-electron chi connectivity index (χ2n) is 5.18. The van der Waals surface area contributed by atoms with E-state index in [1.165, 1.54) is 4.31 Å². The van der Waals surface area contributed by atoms with Crippen LogP contribution in [0.5, 0.6) is 0 Å². The zero-order chi connectivity index (χ0) is 15.0. The van der Waals surface area contributed by atoms with Gasteiger partial charge in [-0.05, 0) is 6.42 Å². The van der Waals surface area contributed by atoms with E-state index in [-0.39, 0.29) is 15.3 Å². The van der Waals surface area contributed by atoms with Gasteiger partial charge >= 0.3 is 5.97 Å². The molecule has 1 fully saturated rings. The van der Waals surface area contributed by atoms with E-state index in [0.717, 1.165) is 6.20 Å². The smallest absolute Gasteiger partial charge is 0.340 e. The number of aromatic carboxylic acids is 1. The van der Waals surface area contributed by atoms with Crippen molar-refractivity contribution in [3.8, 4) is 0 Å². The highest BCUT2D eigenvalue weighted by molar-refractivity contribution is 8.00. The average Bonchev–Trinajstić information content (AvgIpc) is 2.76. The van der Waals surface area contributed by atoms with Gasteiger partial charge in [0.05, 0.1) is 6.20 Å². The monoisotopic (exact) mass is 319 g/mol. The SMILES string of the molecule is CC1(C)CCN(S(=O)(=O)c2[nH]ncc2C(=O)O)CCS1. The van der Waals surface area contributed by atoms with Gasteiger partial charge in [-0.15, -0.1) is 0 Å². The van der Waals surface area contributed by atoms with E-state index in [9.17, 15) is 13.2 Å². The molecule has 1 aliphatic rings. The fourth-order valence-corrected chi connectivity index (χ4v) is 4.72. The Balaban J connectivity index is 2.31. The van der Waals surface area contributed by atoms with E-state index in [0.29, 0.717) is 25.3 Å². The number of carbonyl (C=O) groups is 1. The first-order valence-corrected chi connectivity index (χ1v) is 8.57. The Hall–Kier alpha value is -1.06. The summed E-state index contributed by atoms with van der Waals surface area (Å²) in [4.78, 5) is 11.0. The molecule has 1 aliphatic heterocycles. The van der Waals surface area contributed by atoms with Crippen molar-refractivity contribution in [2.45, 2.75) is 30.0 Å². The van der Waals surface area contributed by atoms with Crippen LogP contribution in [0.2, 0.25) is 0 Å². The van der Waals surface area contributed by atoms with Crippen LogP contribution in [0.15, 0.2) is 11.2 Å². The van der Waals surface area contributed by atoms with E-state index in [1.54, 1.807) is 11.8 Å². The predicted octanol–water partition coefficient (Wildman–Crippen LogP) is 1.01. The molecule has 0 aliphatic carbocycles. The molecule has 1 aromatic heterocycles. The molecular formula is C11H17N3O4S2. The first-order valence-electron chi connectivity index (χ1n) is 6.15. The standard InChI is InChI=1S/C11H17N3O4S2/c1-11(2)3-4-14(5-6-19-11)20(17,18)9-8(10(15)16)7-12-13-9/h7H,3-6H2,1-2H3,(H,12,13)(H,15,16). The van der Waals surface area contributed by atoms with Crippen LogP contribution < -0.4 is 0 Å². The third-order valence-electron chi connectivity index (χ3n) is 3.23. The van der Waals surface area contributed by atoms with Gasteiger partial charge in [-0.1, -0.05) is 13.8 Å². The summed E-state index contributed by atoms with van der Waals surface area (Å²) in [5.41, 5.74) is -0.318. The molecule has 1 saturated heterocycles. The lowest BCUT2D eigenvalue weighted by Gasteiger charge is -2.22. The lowest BCUT2D eigenvalue weighted by atomic mass is 10.1. The van der Waals surface area contributed by atoms with Gasteiger partial charge in [0, 0.05) is 23.6 Å². The Morgan fingerprint density at radius 3 is 2.85 bits per heavy atom. The molecule has 2 rings (SSSR count). The van der Waals surface area contributed by atoms with Crippen LogP contribution in [0.4, 0.5) is 0 Å². The highest BCUT2D eigenvalue weighted by Crippen LogP contribution is 2.32. The summed E-state index contributed by atoms with van der Waals surface area (Å²) < 4.78 is 26.4.